The van der Waals surface area contributed by atoms with Crippen molar-refractivity contribution in [1.29, 1.82) is 0 Å². The van der Waals surface area contributed by atoms with E-state index in [1.807, 2.05) is 0 Å². The van der Waals surface area contributed by atoms with Gasteiger partial charge in [0.2, 0.25) is 0 Å². The lowest BCUT2D eigenvalue weighted by Crippen LogP contribution is -2.44. The van der Waals surface area contributed by atoms with Gasteiger partial charge in [-0.05, 0) is 43.9 Å². The Hall–Kier alpha value is -1.36. The molecule has 0 bridgehead atoms. The number of nitrogens with two attached hydrogens (primary N) is 1. The van der Waals surface area contributed by atoms with Crippen molar-refractivity contribution in [3.05, 3.63) is 35.0 Å². The molecular weight excluding hydrogens is 274 g/mol. The fourth-order valence-electron chi connectivity index (χ4n) is 4.35. The van der Waals surface area contributed by atoms with Crippen molar-refractivity contribution in [1.82, 2.24) is 9.47 Å². The van der Waals surface area contributed by atoms with Crippen LogP contribution >= 0.6 is 0 Å². The number of aliphatic hydroxyl groups is 1. The molecule has 1 aliphatic carbocycles. The Morgan fingerprint density at radius 2 is 2.23 bits per heavy atom. The van der Waals surface area contributed by atoms with Gasteiger partial charge in [0.1, 0.15) is 0 Å². The molecule has 22 heavy (non-hydrogen) atoms. The van der Waals surface area contributed by atoms with Crippen LogP contribution < -0.4 is 5.73 Å². The Bertz CT molecular complexity index is 706. The van der Waals surface area contributed by atoms with Gasteiger partial charge in [-0.15, -0.1) is 0 Å². The van der Waals surface area contributed by atoms with E-state index in [1.54, 1.807) is 5.56 Å². The quantitative estimate of drug-likeness (QED) is 0.911. The second kappa shape index (κ2) is 5.37. The molecule has 1 aromatic heterocycles. The normalized spacial score (nSPS) is 22.8. The van der Waals surface area contributed by atoms with Gasteiger partial charge in [0, 0.05) is 42.8 Å². The Kier molecular flexibility index (Phi) is 3.48. The van der Waals surface area contributed by atoms with Gasteiger partial charge in [-0.1, -0.05) is 11.6 Å². The van der Waals surface area contributed by atoms with Crippen LogP contribution in [0.25, 0.3) is 10.9 Å². The summed E-state index contributed by atoms with van der Waals surface area (Å²) in [4.78, 5) is 2.45. The third kappa shape index (κ3) is 2.09. The second-order valence-electron chi connectivity index (χ2n) is 6.83. The minimum atomic E-state index is -0.413. The first kappa shape index (κ1) is 14.2. The Morgan fingerprint density at radius 3 is 3.05 bits per heavy atom. The summed E-state index contributed by atoms with van der Waals surface area (Å²) in [6, 6.07) is 7.30. The van der Waals surface area contributed by atoms with Crippen LogP contribution in [-0.4, -0.2) is 40.3 Å². The van der Waals surface area contributed by atoms with Gasteiger partial charge in [-0.2, -0.15) is 0 Å². The molecule has 0 saturated carbocycles. The van der Waals surface area contributed by atoms with Gasteiger partial charge in [0.15, 0.2) is 0 Å². The zero-order valence-corrected chi connectivity index (χ0v) is 13.3. The molecule has 0 spiro atoms. The highest BCUT2D eigenvalue weighted by Crippen LogP contribution is 2.42. The molecule has 4 rings (SSSR count). The topological polar surface area (TPSA) is 54.4 Å². The van der Waals surface area contributed by atoms with Crippen molar-refractivity contribution in [2.45, 2.75) is 44.9 Å². The number of aromatic nitrogens is 1. The summed E-state index contributed by atoms with van der Waals surface area (Å²) in [5.41, 5.74) is 11.4. The maximum Gasteiger partial charge on any atom is 0.0789 e. The van der Waals surface area contributed by atoms with Gasteiger partial charge >= 0.3 is 0 Å². The summed E-state index contributed by atoms with van der Waals surface area (Å²) in [6.45, 7) is 5.24. The van der Waals surface area contributed by atoms with Crippen LogP contribution in [0.3, 0.4) is 0 Å². The number of benzene rings is 1. The van der Waals surface area contributed by atoms with Crippen molar-refractivity contribution in [2.75, 3.05) is 19.6 Å². The van der Waals surface area contributed by atoms with E-state index in [1.165, 1.54) is 41.4 Å². The van der Waals surface area contributed by atoms with Crippen molar-refractivity contribution in [3.8, 4) is 0 Å². The molecule has 3 N–H and O–H groups in total. The lowest BCUT2D eigenvalue weighted by Gasteiger charge is -2.40. The number of nitrogens with zero attached hydrogens (tertiary/aromatic N) is 2. The Balaban J connectivity index is 1.81. The summed E-state index contributed by atoms with van der Waals surface area (Å²) in [5, 5.41) is 11.4. The molecular formula is C18H25N3O. The highest BCUT2D eigenvalue weighted by Gasteiger charge is 2.35. The van der Waals surface area contributed by atoms with Crippen molar-refractivity contribution >= 4 is 10.9 Å². The second-order valence-corrected chi connectivity index (χ2v) is 6.83. The zero-order chi connectivity index (χ0) is 15.3. The standard InChI is InChI=1S/C18H25N3O/c1-12-5-6-16-15(9-12)14-3-2-4-17-18(14)21(16)8-7-20(17)11-13(22)10-19/h5-6,9,13,17,22H,2-4,7-8,10-11,19H2,1H3. The smallest absolute Gasteiger partial charge is 0.0789 e. The fourth-order valence-corrected chi connectivity index (χ4v) is 4.35. The van der Waals surface area contributed by atoms with Gasteiger partial charge in [-0.3, -0.25) is 4.90 Å². The third-order valence-electron chi connectivity index (χ3n) is 5.36. The van der Waals surface area contributed by atoms with E-state index >= 15 is 0 Å². The molecule has 0 fully saturated rings. The fraction of sp³-hybridized carbons (Fsp3) is 0.556. The molecule has 2 unspecified atom stereocenters. The summed E-state index contributed by atoms with van der Waals surface area (Å²) in [6.07, 6.45) is 3.20. The number of hydrogen-bond donors (Lipinski definition) is 2. The molecule has 2 aliphatic rings. The number of aryl methyl sites for hydroxylation is 2. The monoisotopic (exact) mass is 299 g/mol. The van der Waals surface area contributed by atoms with Gasteiger partial charge in [0.25, 0.3) is 0 Å². The number of rotatable bonds is 3. The summed E-state index contributed by atoms with van der Waals surface area (Å²) >= 11 is 0. The van der Waals surface area contributed by atoms with Crippen LogP contribution in [0.4, 0.5) is 0 Å². The molecule has 0 radical (unpaired) electrons. The number of aliphatic hydroxyl groups excluding tert-OH is 1. The zero-order valence-electron chi connectivity index (χ0n) is 13.3. The molecule has 0 amide bonds. The average Bonchev–Trinajstić information content (AvgIpc) is 2.85. The maximum atomic E-state index is 9.96. The molecule has 118 valence electrons. The van der Waals surface area contributed by atoms with Gasteiger partial charge in [0.05, 0.1) is 12.1 Å². The molecule has 0 saturated heterocycles. The predicted molar refractivity (Wildman–Crippen MR) is 89.0 cm³/mol. The molecule has 2 atom stereocenters. The van der Waals surface area contributed by atoms with E-state index in [0.717, 1.165) is 13.1 Å². The van der Waals surface area contributed by atoms with Crippen LogP contribution in [0, 0.1) is 6.92 Å². The molecule has 4 nitrogen and oxygen atoms in total. The first-order chi connectivity index (χ1) is 10.7. The van der Waals surface area contributed by atoms with E-state index in [-0.39, 0.29) is 0 Å². The maximum absolute atomic E-state index is 9.96. The summed E-state index contributed by atoms with van der Waals surface area (Å²) < 4.78 is 2.53. The van der Waals surface area contributed by atoms with Crippen LogP contribution in [0.1, 0.15) is 35.7 Å². The average molecular weight is 299 g/mol. The number of hydrogen-bond acceptors (Lipinski definition) is 3. The van der Waals surface area contributed by atoms with Crippen molar-refractivity contribution in [3.63, 3.8) is 0 Å². The van der Waals surface area contributed by atoms with E-state index in [0.29, 0.717) is 19.1 Å². The largest absolute Gasteiger partial charge is 0.390 e. The van der Waals surface area contributed by atoms with Gasteiger partial charge in [-0.25, -0.2) is 0 Å². The number of fused-ring (bicyclic) bond motifs is 3. The highest BCUT2D eigenvalue weighted by molar-refractivity contribution is 5.87. The van der Waals surface area contributed by atoms with Gasteiger partial charge < -0.3 is 15.4 Å². The molecule has 2 aromatic rings. The predicted octanol–water partition coefficient (Wildman–Crippen LogP) is 1.96. The van der Waals surface area contributed by atoms with Crippen molar-refractivity contribution < 1.29 is 5.11 Å². The molecule has 2 heterocycles. The van der Waals surface area contributed by atoms with Crippen molar-refractivity contribution in [2.24, 2.45) is 5.73 Å². The van der Waals surface area contributed by atoms with Crippen LogP contribution in [0.5, 0.6) is 0 Å². The lowest BCUT2D eigenvalue weighted by molar-refractivity contribution is 0.0683. The minimum Gasteiger partial charge on any atom is -0.390 e. The lowest BCUT2D eigenvalue weighted by atomic mass is 9.89. The Labute approximate surface area is 131 Å². The Morgan fingerprint density at radius 1 is 1.36 bits per heavy atom. The summed E-state index contributed by atoms with van der Waals surface area (Å²) in [7, 11) is 0. The number of β-amino-alcohol motifs (C(OH)–C–C–N with tert-alkyl or cyclic N) is 1. The van der Waals surface area contributed by atoms with Crippen LogP contribution in [0.15, 0.2) is 18.2 Å². The molecule has 1 aliphatic heterocycles. The van der Waals surface area contributed by atoms with Crippen LogP contribution in [-0.2, 0) is 13.0 Å². The first-order valence-electron chi connectivity index (χ1n) is 8.43. The first-order valence-corrected chi connectivity index (χ1v) is 8.43. The summed E-state index contributed by atoms with van der Waals surface area (Å²) in [5.74, 6) is 0. The van der Waals surface area contributed by atoms with E-state index in [4.69, 9.17) is 5.73 Å². The third-order valence-corrected chi connectivity index (χ3v) is 5.36. The molecule has 1 aromatic carbocycles. The SMILES string of the molecule is Cc1ccc2c(c1)c1c3n2CCN(CC(O)CN)C3CCC1. The van der Waals surface area contributed by atoms with Crippen LogP contribution in [0.2, 0.25) is 0 Å². The van der Waals surface area contributed by atoms with E-state index in [9.17, 15) is 5.11 Å². The minimum absolute atomic E-state index is 0.345. The van der Waals surface area contributed by atoms with E-state index < -0.39 is 6.10 Å². The molecule has 4 heteroatoms. The highest BCUT2D eigenvalue weighted by atomic mass is 16.3. The van der Waals surface area contributed by atoms with E-state index in [2.05, 4.69) is 34.6 Å².